The van der Waals surface area contributed by atoms with Crippen LogP contribution in [0.15, 0.2) is 28.3 Å². The van der Waals surface area contributed by atoms with E-state index in [4.69, 9.17) is 10.9 Å². The molecule has 0 saturated carbocycles. The van der Waals surface area contributed by atoms with Crippen molar-refractivity contribution in [3.63, 3.8) is 0 Å². The topological polar surface area (TPSA) is 105 Å². The first kappa shape index (κ1) is 17.4. The lowest BCUT2D eigenvalue weighted by Crippen LogP contribution is -2.56. The highest BCUT2D eigenvalue weighted by Gasteiger charge is 2.37. The standard InChI is InChI=1S/C13H20FN3O3S/c1-4-13(5-2,12(15)16-18)17-21(19,20)11-7-6-10(14)8-9(11)3/h6-8,17-18H,4-5H2,1-3H3,(H2,15,16). The van der Waals surface area contributed by atoms with E-state index in [-0.39, 0.29) is 16.3 Å². The third-order valence-electron chi connectivity index (χ3n) is 3.56. The monoisotopic (exact) mass is 317 g/mol. The van der Waals surface area contributed by atoms with Crippen molar-refractivity contribution in [2.45, 2.75) is 44.0 Å². The quantitative estimate of drug-likeness (QED) is 0.321. The van der Waals surface area contributed by atoms with Crippen LogP contribution in [0.5, 0.6) is 0 Å². The molecule has 0 heterocycles. The molecule has 0 saturated heterocycles. The zero-order chi connectivity index (χ0) is 16.3. The van der Waals surface area contributed by atoms with Crippen LogP contribution in [0.4, 0.5) is 4.39 Å². The fourth-order valence-corrected chi connectivity index (χ4v) is 3.88. The number of rotatable bonds is 6. The van der Waals surface area contributed by atoms with Gasteiger partial charge in [-0.15, -0.1) is 0 Å². The second-order valence-electron chi connectivity index (χ2n) is 4.79. The van der Waals surface area contributed by atoms with Gasteiger partial charge in [0.1, 0.15) is 5.82 Å². The molecule has 0 aliphatic heterocycles. The van der Waals surface area contributed by atoms with Gasteiger partial charge in [-0.25, -0.2) is 12.8 Å². The Kier molecular flexibility index (Phi) is 5.30. The Hall–Kier alpha value is -1.67. The number of hydrogen-bond acceptors (Lipinski definition) is 4. The van der Waals surface area contributed by atoms with E-state index in [9.17, 15) is 12.8 Å². The van der Waals surface area contributed by atoms with Gasteiger partial charge in [-0.05, 0) is 43.5 Å². The maximum absolute atomic E-state index is 13.1. The summed E-state index contributed by atoms with van der Waals surface area (Å²) in [5.74, 6) is -0.726. The number of oxime groups is 1. The lowest BCUT2D eigenvalue weighted by atomic mass is 9.93. The summed E-state index contributed by atoms with van der Waals surface area (Å²) in [6.45, 7) is 4.95. The van der Waals surface area contributed by atoms with Gasteiger partial charge in [-0.2, -0.15) is 4.72 Å². The molecule has 1 aromatic carbocycles. The number of hydrogen-bond donors (Lipinski definition) is 3. The summed E-state index contributed by atoms with van der Waals surface area (Å²) >= 11 is 0. The number of halogens is 1. The molecule has 0 fully saturated rings. The predicted molar refractivity (Wildman–Crippen MR) is 78.2 cm³/mol. The van der Waals surface area contributed by atoms with Crippen molar-refractivity contribution in [3.05, 3.63) is 29.6 Å². The Balaban J connectivity index is 3.31. The second kappa shape index (κ2) is 6.40. The van der Waals surface area contributed by atoms with Crippen LogP contribution in [0.3, 0.4) is 0 Å². The van der Waals surface area contributed by atoms with Gasteiger partial charge in [-0.3, -0.25) is 0 Å². The molecule has 6 nitrogen and oxygen atoms in total. The largest absolute Gasteiger partial charge is 0.409 e. The Morgan fingerprint density at radius 2 is 2.00 bits per heavy atom. The smallest absolute Gasteiger partial charge is 0.241 e. The van der Waals surface area contributed by atoms with Gasteiger partial charge < -0.3 is 10.9 Å². The Morgan fingerprint density at radius 1 is 1.43 bits per heavy atom. The van der Waals surface area contributed by atoms with E-state index in [1.165, 1.54) is 13.0 Å². The first-order valence-corrected chi connectivity index (χ1v) is 7.99. The molecule has 0 aliphatic carbocycles. The number of benzene rings is 1. The molecule has 21 heavy (non-hydrogen) atoms. The second-order valence-corrected chi connectivity index (χ2v) is 6.44. The molecule has 0 spiro atoms. The van der Waals surface area contributed by atoms with Crippen LogP contribution in [-0.2, 0) is 10.0 Å². The molecule has 0 bridgehead atoms. The summed E-state index contributed by atoms with van der Waals surface area (Å²) in [4.78, 5) is -0.0408. The Bertz CT molecular complexity index is 640. The fourth-order valence-electron chi connectivity index (χ4n) is 2.13. The molecule has 0 atom stereocenters. The van der Waals surface area contributed by atoms with E-state index in [1.807, 2.05) is 0 Å². The minimum atomic E-state index is -3.93. The normalized spacial score (nSPS) is 13.4. The first-order valence-electron chi connectivity index (χ1n) is 6.50. The van der Waals surface area contributed by atoms with Crippen molar-refractivity contribution < 1.29 is 18.0 Å². The van der Waals surface area contributed by atoms with Crippen molar-refractivity contribution in [1.29, 1.82) is 0 Å². The Morgan fingerprint density at radius 3 is 2.43 bits per heavy atom. The first-order chi connectivity index (χ1) is 9.72. The van der Waals surface area contributed by atoms with Gasteiger partial charge in [0.2, 0.25) is 10.0 Å². The van der Waals surface area contributed by atoms with E-state index in [0.29, 0.717) is 12.8 Å². The molecule has 8 heteroatoms. The molecule has 1 aromatic rings. The summed E-state index contributed by atoms with van der Waals surface area (Å²) in [6, 6.07) is 3.40. The van der Waals surface area contributed by atoms with Crippen molar-refractivity contribution >= 4 is 15.9 Å². The number of nitrogens with two attached hydrogens (primary N) is 1. The van der Waals surface area contributed by atoms with Crippen molar-refractivity contribution in [1.82, 2.24) is 4.72 Å². The van der Waals surface area contributed by atoms with Crippen molar-refractivity contribution in [2.75, 3.05) is 0 Å². The van der Waals surface area contributed by atoms with Gasteiger partial charge in [0.15, 0.2) is 5.84 Å². The van der Waals surface area contributed by atoms with E-state index >= 15 is 0 Å². The molecular formula is C13H20FN3O3S. The van der Waals surface area contributed by atoms with Crippen LogP contribution in [0.2, 0.25) is 0 Å². The van der Waals surface area contributed by atoms with E-state index in [0.717, 1.165) is 12.1 Å². The number of sulfonamides is 1. The van der Waals surface area contributed by atoms with Crippen LogP contribution < -0.4 is 10.5 Å². The van der Waals surface area contributed by atoms with E-state index in [2.05, 4.69) is 9.88 Å². The molecule has 0 radical (unpaired) electrons. The van der Waals surface area contributed by atoms with Crippen LogP contribution in [0.25, 0.3) is 0 Å². The van der Waals surface area contributed by atoms with E-state index in [1.54, 1.807) is 13.8 Å². The van der Waals surface area contributed by atoms with Crippen LogP contribution in [-0.4, -0.2) is 25.0 Å². The highest BCUT2D eigenvalue weighted by Crippen LogP contribution is 2.22. The van der Waals surface area contributed by atoms with Gasteiger partial charge in [0, 0.05) is 0 Å². The highest BCUT2D eigenvalue weighted by molar-refractivity contribution is 7.89. The van der Waals surface area contributed by atoms with Gasteiger partial charge in [0.25, 0.3) is 0 Å². The third kappa shape index (κ3) is 3.51. The van der Waals surface area contributed by atoms with Crippen molar-refractivity contribution in [3.8, 4) is 0 Å². The molecule has 118 valence electrons. The fraction of sp³-hybridized carbons (Fsp3) is 0.462. The van der Waals surface area contributed by atoms with Crippen LogP contribution >= 0.6 is 0 Å². The summed E-state index contributed by atoms with van der Waals surface area (Å²) in [5.41, 5.74) is 4.73. The average Bonchev–Trinajstić information content (AvgIpc) is 2.43. The van der Waals surface area contributed by atoms with Gasteiger partial charge >= 0.3 is 0 Å². The maximum Gasteiger partial charge on any atom is 0.241 e. The summed E-state index contributed by atoms with van der Waals surface area (Å²) < 4.78 is 40.6. The number of nitrogens with zero attached hydrogens (tertiary/aromatic N) is 1. The maximum atomic E-state index is 13.1. The van der Waals surface area contributed by atoms with E-state index < -0.39 is 21.4 Å². The lowest BCUT2D eigenvalue weighted by molar-refractivity contribution is 0.307. The number of nitrogens with one attached hydrogen (secondary N) is 1. The Labute approximate surface area is 123 Å². The van der Waals surface area contributed by atoms with Crippen molar-refractivity contribution in [2.24, 2.45) is 10.9 Å². The number of amidine groups is 1. The van der Waals surface area contributed by atoms with Gasteiger partial charge in [-0.1, -0.05) is 19.0 Å². The SMILES string of the molecule is CCC(CC)(NS(=O)(=O)c1ccc(F)cc1C)/C(N)=N/O. The molecule has 4 N–H and O–H groups in total. The minimum absolute atomic E-state index is 0.0408. The summed E-state index contributed by atoms with van der Waals surface area (Å²) in [5, 5.41) is 11.8. The molecule has 0 unspecified atom stereocenters. The third-order valence-corrected chi connectivity index (χ3v) is 5.26. The summed E-state index contributed by atoms with van der Waals surface area (Å²) in [6.07, 6.45) is 0.609. The van der Waals surface area contributed by atoms with Gasteiger partial charge in [0.05, 0.1) is 10.4 Å². The number of aryl methyl sites for hydroxylation is 1. The minimum Gasteiger partial charge on any atom is -0.409 e. The zero-order valence-corrected chi connectivity index (χ0v) is 13.0. The molecule has 0 aliphatic rings. The summed E-state index contributed by atoms with van der Waals surface area (Å²) in [7, 11) is -3.93. The highest BCUT2D eigenvalue weighted by atomic mass is 32.2. The molecule has 0 aromatic heterocycles. The predicted octanol–water partition coefficient (Wildman–Crippen LogP) is 1.72. The zero-order valence-electron chi connectivity index (χ0n) is 12.2. The average molecular weight is 317 g/mol. The molecule has 1 rings (SSSR count). The van der Waals surface area contributed by atoms with Crippen LogP contribution in [0.1, 0.15) is 32.3 Å². The van der Waals surface area contributed by atoms with Crippen LogP contribution in [0, 0.1) is 12.7 Å². The lowest BCUT2D eigenvalue weighted by Gasteiger charge is -2.31. The molecule has 0 amide bonds. The molecular weight excluding hydrogens is 297 g/mol.